The van der Waals surface area contributed by atoms with Crippen molar-refractivity contribution in [2.75, 3.05) is 25.5 Å². The molecule has 0 aliphatic carbocycles. The van der Waals surface area contributed by atoms with E-state index in [4.69, 9.17) is 18.0 Å². The molecule has 1 rings (SSSR count). The van der Waals surface area contributed by atoms with Crippen molar-refractivity contribution in [3.63, 3.8) is 0 Å². The summed E-state index contributed by atoms with van der Waals surface area (Å²) in [6.07, 6.45) is -0.471. The maximum Gasteiger partial charge on any atom is 0.238 e. The lowest BCUT2D eigenvalue weighted by molar-refractivity contribution is -0.117. The first-order valence-electron chi connectivity index (χ1n) is 5.95. The third-order valence-electron chi connectivity index (χ3n) is 2.46. The van der Waals surface area contributed by atoms with Crippen LogP contribution in [-0.2, 0) is 4.79 Å². The lowest BCUT2D eigenvalue weighted by Gasteiger charge is -2.18. The minimum atomic E-state index is -0.471. The van der Waals surface area contributed by atoms with Gasteiger partial charge in [0.15, 0.2) is 0 Å². The molecular weight excluding hydrogens is 262 g/mol. The SMILES string of the molecule is CC(O)CN(C)CC(=O)Nc1ccccc1C(N)=S. The second kappa shape index (κ2) is 7.18. The van der Waals surface area contributed by atoms with E-state index in [1.807, 2.05) is 6.07 Å². The van der Waals surface area contributed by atoms with Crippen molar-refractivity contribution in [1.29, 1.82) is 0 Å². The zero-order valence-electron chi connectivity index (χ0n) is 11.1. The van der Waals surface area contributed by atoms with Crippen LogP contribution in [0.15, 0.2) is 24.3 Å². The summed E-state index contributed by atoms with van der Waals surface area (Å²) in [4.78, 5) is 13.8. The maximum absolute atomic E-state index is 11.9. The number of hydrogen-bond donors (Lipinski definition) is 3. The van der Waals surface area contributed by atoms with Crippen LogP contribution >= 0.6 is 12.2 Å². The highest BCUT2D eigenvalue weighted by Crippen LogP contribution is 2.14. The van der Waals surface area contributed by atoms with Gasteiger partial charge in [-0.15, -0.1) is 0 Å². The van der Waals surface area contributed by atoms with Crippen molar-refractivity contribution in [2.24, 2.45) is 5.73 Å². The normalized spacial score (nSPS) is 12.2. The number of benzene rings is 1. The molecule has 1 unspecified atom stereocenters. The summed E-state index contributed by atoms with van der Waals surface area (Å²) in [5.74, 6) is -0.174. The predicted molar refractivity (Wildman–Crippen MR) is 80.1 cm³/mol. The number of rotatable bonds is 6. The predicted octanol–water partition coefficient (Wildman–Crippen LogP) is 0.572. The smallest absolute Gasteiger partial charge is 0.238 e. The highest BCUT2D eigenvalue weighted by atomic mass is 32.1. The van der Waals surface area contributed by atoms with E-state index in [0.717, 1.165) is 0 Å². The van der Waals surface area contributed by atoms with E-state index in [1.165, 1.54) is 0 Å². The topological polar surface area (TPSA) is 78.6 Å². The monoisotopic (exact) mass is 281 g/mol. The molecule has 1 amide bonds. The molecule has 0 bridgehead atoms. The summed E-state index contributed by atoms with van der Waals surface area (Å²) in [6.45, 7) is 2.30. The number of likely N-dealkylation sites (N-methyl/N-ethyl adjacent to an activating group) is 1. The van der Waals surface area contributed by atoms with Gasteiger partial charge in [0.1, 0.15) is 4.99 Å². The molecule has 1 atom stereocenters. The third-order valence-corrected chi connectivity index (χ3v) is 2.68. The highest BCUT2D eigenvalue weighted by Gasteiger charge is 2.11. The van der Waals surface area contributed by atoms with E-state index in [2.05, 4.69) is 5.32 Å². The van der Waals surface area contributed by atoms with Gasteiger partial charge >= 0.3 is 0 Å². The highest BCUT2D eigenvalue weighted by molar-refractivity contribution is 7.80. The van der Waals surface area contributed by atoms with E-state index in [1.54, 1.807) is 37.1 Å². The standard InChI is InChI=1S/C13H19N3O2S/c1-9(17)7-16(2)8-12(18)15-11-6-4-3-5-10(11)13(14)19/h3-6,9,17H,7-8H2,1-2H3,(H2,14,19)(H,15,18). The zero-order valence-corrected chi connectivity index (χ0v) is 11.9. The van der Waals surface area contributed by atoms with Crippen LogP contribution in [0.1, 0.15) is 12.5 Å². The van der Waals surface area contributed by atoms with Gasteiger partial charge in [0, 0.05) is 12.1 Å². The minimum Gasteiger partial charge on any atom is -0.392 e. The number of hydrogen-bond acceptors (Lipinski definition) is 4. The van der Waals surface area contributed by atoms with Crippen molar-refractivity contribution >= 4 is 28.8 Å². The number of aliphatic hydroxyl groups excluding tert-OH is 1. The molecule has 1 aromatic carbocycles. The van der Waals surface area contributed by atoms with Crippen LogP contribution in [0, 0.1) is 0 Å². The number of nitrogens with one attached hydrogen (secondary N) is 1. The number of nitrogens with two attached hydrogens (primary N) is 1. The summed E-state index contributed by atoms with van der Waals surface area (Å²) in [7, 11) is 1.77. The van der Waals surface area contributed by atoms with Gasteiger partial charge in [-0.1, -0.05) is 24.4 Å². The average Bonchev–Trinajstić information content (AvgIpc) is 2.27. The number of nitrogens with zero attached hydrogens (tertiary/aromatic N) is 1. The van der Waals surface area contributed by atoms with Crippen molar-refractivity contribution in [3.8, 4) is 0 Å². The molecule has 1 aromatic rings. The first kappa shape index (κ1) is 15.6. The lowest BCUT2D eigenvalue weighted by Crippen LogP contribution is -2.35. The summed E-state index contributed by atoms with van der Waals surface area (Å²) in [5.41, 5.74) is 6.84. The lowest BCUT2D eigenvalue weighted by atomic mass is 10.2. The van der Waals surface area contributed by atoms with Gasteiger partial charge in [0.05, 0.1) is 18.3 Å². The Labute approximate surface area is 118 Å². The number of aliphatic hydroxyl groups is 1. The van der Waals surface area contributed by atoms with E-state index >= 15 is 0 Å². The molecule has 6 heteroatoms. The largest absolute Gasteiger partial charge is 0.392 e. The molecule has 0 fully saturated rings. The van der Waals surface area contributed by atoms with Crippen LogP contribution in [0.3, 0.4) is 0 Å². The fourth-order valence-corrected chi connectivity index (χ4v) is 1.94. The van der Waals surface area contributed by atoms with Crippen molar-refractivity contribution in [1.82, 2.24) is 4.90 Å². The number of anilines is 1. The molecule has 104 valence electrons. The van der Waals surface area contributed by atoms with Crippen LogP contribution in [0.25, 0.3) is 0 Å². The molecule has 0 saturated carbocycles. The Hall–Kier alpha value is -1.50. The van der Waals surface area contributed by atoms with Crippen LogP contribution < -0.4 is 11.1 Å². The van der Waals surface area contributed by atoms with Crippen LogP contribution in [-0.4, -0.2) is 47.1 Å². The van der Waals surface area contributed by atoms with Crippen LogP contribution in [0.5, 0.6) is 0 Å². The molecule has 19 heavy (non-hydrogen) atoms. The van der Waals surface area contributed by atoms with E-state index in [9.17, 15) is 9.90 Å². The van der Waals surface area contributed by atoms with Crippen molar-refractivity contribution in [3.05, 3.63) is 29.8 Å². The molecule has 0 aliphatic rings. The summed E-state index contributed by atoms with van der Waals surface area (Å²) in [6, 6.07) is 7.12. The molecular formula is C13H19N3O2S. The average molecular weight is 281 g/mol. The fraction of sp³-hybridized carbons (Fsp3) is 0.385. The molecule has 0 spiro atoms. The molecule has 0 heterocycles. The molecule has 0 radical (unpaired) electrons. The fourth-order valence-electron chi connectivity index (χ4n) is 1.76. The van der Waals surface area contributed by atoms with Gasteiger partial charge in [0.25, 0.3) is 0 Å². The second-order valence-corrected chi connectivity index (χ2v) is 4.94. The Balaban J connectivity index is 2.65. The first-order valence-corrected chi connectivity index (χ1v) is 6.36. The minimum absolute atomic E-state index is 0.174. The van der Waals surface area contributed by atoms with Gasteiger partial charge in [-0.25, -0.2) is 0 Å². The van der Waals surface area contributed by atoms with Gasteiger partial charge in [0.2, 0.25) is 5.91 Å². The Morgan fingerprint density at radius 2 is 2.16 bits per heavy atom. The van der Waals surface area contributed by atoms with Crippen molar-refractivity contribution in [2.45, 2.75) is 13.0 Å². The van der Waals surface area contributed by atoms with Gasteiger partial charge in [-0.2, -0.15) is 0 Å². The molecule has 0 aromatic heterocycles. The maximum atomic E-state index is 11.9. The molecule has 4 N–H and O–H groups in total. The quantitative estimate of drug-likeness (QED) is 0.665. The Bertz CT molecular complexity index is 463. The van der Waals surface area contributed by atoms with Gasteiger partial charge in [-0.05, 0) is 26.1 Å². The van der Waals surface area contributed by atoms with Gasteiger partial charge < -0.3 is 16.2 Å². The summed E-state index contributed by atoms with van der Waals surface area (Å²) >= 11 is 4.93. The van der Waals surface area contributed by atoms with E-state index in [0.29, 0.717) is 17.8 Å². The Morgan fingerprint density at radius 1 is 1.53 bits per heavy atom. The van der Waals surface area contributed by atoms with Crippen molar-refractivity contribution < 1.29 is 9.90 Å². The second-order valence-electron chi connectivity index (χ2n) is 4.50. The van der Waals surface area contributed by atoms with E-state index < -0.39 is 6.10 Å². The molecule has 5 nitrogen and oxygen atoms in total. The number of amides is 1. The Morgan fingerprint density at radius 3 is 2.74 bits per heavy atom. The zero-order chi connectivity index (χ0) is 14.4. The Kier molecular flexibility index (Phi) is 5.88. The van der Waals surface area contributed by atoms with Gasteiger partial charge in [-0.3, -0.25) is 9.69 Å². The van der Waals surface area contributed by atoms with E-state index in [-0.39, 0.29) is 17.4 Å². The molecule has 0 aliphatic heterocycles. The number of para-hydroxylation sites is 1. The summed E-state index contributed by atoms with van der Waals surface area (Å²) < 4.78 is 0. The first-order chi connectivity index (χ1) is 8.90. The van der Waals surface area contributed by atoms with Crippen LogP contribution in [0.4, 0.5) is 5.69 Å². The summed E-state index contributed by atoms with van der Waals surface area (Å²) in [5, 5.41) is 12.0. The number of thiocarbonyl (C=S) groups is 1. The number of carbonyl (C=O) groups is 1. The molecule has 0 saturated heterocycles. The van der Waals surface area contributed by atoms with Crippen LogP contribution in [0.2, 0.25) is 0 Å². The third kappa shape index (κ3) is 5.34. The number of carbonyl (C=O) groups excluding carboxylic acids is 1.